The van der Waals surface area contributed by atoms with Crippen molar-refractivity contribution >= 4 is 28.6 Å². The molecule has 1 aromatic carbocycles. The van der Waals surface area contributed by atoms with Crippen LogP contribution in [0.15, 0.2) is 18.2 Å². The predicted octanol–water partition coefficient (Wildman–Crippen LogP) is 3.88. The summed E-state index contributed by atoms with van der Waals surface area (Å²) in [6.07, 6.45) is -6.31. The third kappa shape index (κ3) is 3.79. The molecule has 8 heteroatoms. The van der Waals surface area contributed by atoms with E-state index in [0.29, 0.717) is 6.07 Å². The second-order valence-corrected chi connectivity index (χ2v) is 4.75. The Morgan fingerprint density at radius 2 is 1.61 bits per heavy atom. The van der Waals surface area contributed by atoms with Gasteiger partial charge in [-0.1, -0.05) is 0 Å². The number of hydrogen-bond acceptors (Lipinski definition) is 1. The summed E-state index contributed by atoms with van der Waals surface area (Å²) in [6, 6.07) is 1.81. The Morgan fingerprint density at radius 1 is 1.11 bits per heavy atom. The van der Waals surface area contributed by atoms with Crippen LogP contribution in [0.2, 0.25) is 0 Å². The van der Waals surface area contributed by atoms with Gasteiger partial charge in [0.25, 0.3) is 5.92 Å². The summed E-state index contributed by atoms with van der Waals surface area (Å²) in [5.74, 6) is -5.63. The number of halogens is 6. The number of carboxylic acid groups (broad SMARTS) is 1. The zero-order valence-electron chi connectivity index (χ0n) is 8.56. The number of alkyl halides is 5. The fourth-order valence-corrected chi connectivity index (χ4v) is 1.93. The van der Waals surface area contributed by atoms with Gasteiger partial charge in [-0.15, -0.1) is 0 Å². The smallest absolute Gasteiger partial charge is 0.416 e. The lowest BCUT2D eigenvalue weighted by Crippen LogP contribution is -2.20. The molecule has 18 heavy (non-hydrogen) atoms. The summed E-state index contributed by atoms with van der Waals surface area (Å²) in [5, 5.41) is 8.30. The monoisotopic (exact) mass is 380 g/mol. The van der Waals surface area contributed by atoms with Gasteiger partial charge in [0.1, 0.15) is 6.42 Å². The first-order valence-corrected chi connectivity index (χ1v) is 5.58. The minimum Gasteiger partial charge on any atom is -0.481 e. The topological polar surface area (TPSA) is 37.3 Å². The van der Waals surface area contributed by atoms with Crippen molar-refractivity contribution in [2.24, 2.45) is 0 Å². The molecule has 0 amide bonds. The SMILES string of the molecule is O=C(O)CC(F)(F)c1cc(I)cc(C(F)(F)F)c1. The minimum atomic E-state index is -4.75. The summed E-state index contributed by atoms with van der Waals surface area (Å²) in [5.41, 5.74) is -2.18. The van der Waals surface area contributed by atoms with Gasteiger partial charge >= 0.3 is 12.1 Å². The fraction of sp³-hybridized carbons (Fsp3) is 0.300. The molecule has 1 N–H and O–H groups in total. The number of rotatable bonds is 3. The van der Waals surface area contributed by atoms with Crippen LogP contribution in [0.1, 0.15) is 17.5 Å². The molecule has 0 saturated carbocycles. The maximum atomic E-state index is 13.4. The van der Waals surface area contributed by atoms with Gasteiger partial charge in [0.15, 0.2) is 0 Å². The number of carbonyl (C=O) groups is 1. The molecule has 0 aromatic heterocycles. The molecule has 0 fully saturated rings. The lowest BCUT2D eigenvalue weighted by molar-refractivity contribution is -0.145. The predicted molar refractivity (Wildman–Crippen MR) is 60.3 cm³/mol. The standard InChI is InChI=1S/C10H6F5IO2/c11-9(12,4-8(17)18)5-1-6(10(13,14)15)3-7(16)2-5/h1-3H,4H2,(H,17,18). The lowest BCUT2D eigenvalue weighted by atomic mass is 10.0. The molecule has 0 aliphatic carbocycles. The maximum Gasteiger partial charge on any atom is 0.416 e. The zero-order valence-corrected chi connectivity index (χ0v) is 10.7. The van der Waals surface area contributed by atoms with Crippen LogP contribution in [0, 0.1) is 3.57 Å². The minimum absolute atomic E-state index is 0.0394. The van der Waals surface area contributed by atoms with Gasteiger partial charge < -0.3 is 5.11 Å². The average molecular weight is 380 g/mol. The highest BCUT2D eigenvalue weighted by atomic mass is 127. The number of carboxylic acids is 1. The highest BCUT2D eigenvalue weighted by Gasteiger charge is 2.38. The molecule has 0 unspecified atom stereocenters. The molecule has 0 radical (unpaired) electrons. The van der Waals surface area contributed by atoms with E-state index in [1.165, 1.54) is 22.6 Å². The first-order chi connectivity index (χ1) is 8.02. The Labute approximate surface area is 112 Å². The van der Waals surface area contributed by atoms with Crippen molar-refractivity contribution in [3.63, 3.8) is 0 Å². The molecule has 0 aliphatic rings. The normalized spacial score (nSPS) is 12.6. The van der Waals surface area contributed by atoms with Crippen molar-refractivity contribution in [1.29, 1.82) is 0 Å². The molecular weight excluding hydrogens is 374 g/mol. The van der Waals surface area contributed by atoms with Gasteiger partial charge in [0, 0.05) is 9.13 Å². The van der Waals surface area contributed by atoms with Crippen molar-refractivity contribution in [2.45, 2.75) is 18.5 Å². The van der Waals surface area contributed by atoms with Crippen LogP contribution in [-0.2, 0) is 16.9 Å². The van der Waals surface area contributed by atoms with Crippen LogP contribution >= 0.6 is 22.6 Å². The van der Waals surface area contributed by atoms with Crippen molar-refractivity contribution in [3.05, 3.63) is 32.9 Å². The Bertz CT molecular complexity index is 470. The highest BCUT2D eigenvalue weighted by Crippen LogP contribution is 2.37. The van der Waals surface area contributed by atoms with Crippen LogP contribution in [-0.4, -0.2) is 11.1 Å². The summed E-state index contributed by atoms with van der Waals surface area (Å²) < 4.78 is 64.1. The molecule has 1 rings (SSSR count). The molecule has 100 valence electrons. The second-order valence-electron chi connectivity index (χ2n) is 3.50. The van der Waals surface area contributed by atoms with Gasteiger partial charge in [-0.2, -0.15) is 13.2 Å². The number of hydrogen-bond donors (Lipinski definition) is 1. The van der Waals surface area contributed by atoms with Gasteiger partial charge in [0.2, 0.25) is 0 Å². The van der Waals surface area contributed by atoms with Crippen LogP contribution in [0.5, 0.6) is 0 Å². The largest absolute Gasteiger partial charge is 0.481 e. The summed E-state index contributed by atoms with van der Waals surface area (Å²) in [4.78, 5) is 10.3. The van der Waals surface area contributed by atoms with Crippen LogP contribution in [0.25, 0.3) is 0 Å². The Balaban J connectivity index is 3.25. The van der Waals surface area contributed by atoms with E-state index < -0.39 is 35.6 Å². The van der Waals surface area contributed by atoms with Crippen molar-refractivity contribution in [3.8, 4) is 0 Å². The van der Waals surface area contributed by atoms with Crippen LogP contribution in [0.3, 0.4) is 0 Å². The zero-order chi connectivity index (χ0) is 14.1. The third-order valence-electron chi connectivity index (χ3n) is 2.02. The maximum absolute atomic E-state index is 13.4. The lowest BCUT2D eigenvalue weighted by Gasteiger charge is -2.17. The first kappa shape index (κ1) is 15.1. The van der Waals surface area contributed by atoms with Gasteiger partial charge in [-0.25, -0.2) is 8.78 Å². The van der Waals surface area contributed by atoms with E-state index >= 15 is 0 Å². The van der Waals surface area contributed by atoms with E-state index in [4.69, 9.17) is 5.11 Å². The molecule has 0 bridgehead atoms. The van der Waals surface area contributed by atoms with Crippen molar-refractivity contribution in [1.82, 2.24) is 0 Å². The van der Waals surface area contributed by atoms with E-state index in [-0.39, 0.29) is 9.64 Å². The van der Waals surface area contributed by atoms with Crippen LogP contribution < -0.4 is 0 Å². The molecular formula is C10H6F5IO2. The summed E-state index contributed by atoms with van der Waals surface area (Å²) in [6.45, 7) is 0. The van der Waals surface area contributed by atoms with Gasteiger partial charge in [-0.05, 0) is 40.8 Å². The molecule has 0 saturated heterocycles. The Kier molecular flexibility index (Phi) is 4.19. The average Bonchev–Trinajstić information content (AvgIpc) is 2.13. The molecule has 0 heterocycles. The quantitative estimate of drug-likeness (QED) is 0.639. The number of aliphatic carboxylic acids is 1. The van der Waals surface area contributed by atoms with E-state index in [2.05, 4.69) is 0 Å². The summed E-state index contributed by atoms with van der Waals surface area (Å²) >= 11 is 1.46. The molecule has 2 nitrogen and oxygen atoms in total. The molecule has 1 aromatic rings. The fourth-order valence-electron chi connectivity index (χ4n) is 1.26. The van der Waals surface area contributed by atoms with E-state index in [1.807, 2.05) is 0 Å². The van der Waals surface area contributed by atoms with E-state index in [9.17, 15) is 26.7 Å². The Morgan fingerprint density at radius 3 is 2.06 bits per heavy atom. The molecule has 0 spiro atoms. The first-order valence-electron chi connectivity index (χ1n) is 4.50. The Hall–Kier alpha value is -0.930. The third-order valence-corrected chi connectivity index (χ3v) is 2.64. The van der Waals surface area contributed by atoms with Gasteiger partial charge in [0.05, 0.1) is 5.56 Å². The van der Waals surface area contributed by atoms with Crippen molar-refractivity contribution in [2.75, 3.05) is 0 Å². The van der Waals surface area contributed by atoms with E-state index in [0.717, 1.165) is 6.07 Å². The van der Waals surface area contributed by atoms with E-state index in [1.54, 1.807) is 0 Å². The molecule has 0 atom stereocenters. The van der Waals surface area contributed by atoms with Crippen LogP contribution in [0.4, 0.5) is 22.0 Å². The highest BCUT2D eigenvalue weighted by molar-refractivity contribution is 14.1. The molecule has 0 aliphatic heterocycles. The number of benzene rings is 1. The van der Waals surface area contributed by atoms with Gasteiger partial charge in [-0.3, -0.25) is 4.79 Å². The summed E-state index contributed by atoms with van der Waals surface area (Å²) in [7, 11) is 0. The van der Waals surface area contributed by atoms with Crippen molar-refractivity contribution < 1.29 is 31.9 Å². The second kappa shape index (κ2) is 4.98.